The van der Waals surface area contributed by atoms with Crippen molar-refractivity contribution in [1.82, 2.24) is 9.55 Å². The third-order valence-electron chi connectivity index (χ3n) is 1.26. The number of ether oxygens (including phenoxy) is 1. The van der Waals surface area contributed by atoms with Gasteiger partial charge in [-0.05, 0) is 6.42 Å². The van der Waals surface area contributed by atoms with Crippen LogP contribution in [0.2, 0.25) is 0 Å². The van der Waals surface area contributed by atoms with E-state index in [2.05, 4.69) is 11.9 Å². The fourth-order valence-corrected chi connectivity index (χ4v) is 0.826. The number of methoxy groups -OCH3 is 1. The zero-order chi connectivity index (χ0) is 7.40. The molecule has 1 rings (SSSR count). The highest BCUT2D eigenvalue weighted by Gasteiger charge is 1.97. The number of imidazole rings is 1. The number of aromatic nitrogens is 2. The van der Waals surface area contributed by atoms with Gasteiger partial charge in [0.25, 0.3) is 6.01 Å². The topological polar surface area (TPSA) is 27.1 Å². The summed E-state index contributed by atoms with van der Waals surface area (Å²) >= 11 is 0. The van der Waals surface area contributed by atoms with E-state index >= 15 is 0 Å². The lowest BCUT2D eigenvalue weighted by Gasteiger charge is -2.02. The van der Waals surface area contributed by atoms with Gasteiger partial charge in [0.2, 0.25) is 0 Å². The Hall–Kier alpha value is -0.990. The summed E-state index contributed by atoms with van der Waals surface area (Å²) < 4.78 is 6.89. The van der Waals surface area contributed by atoms with Crippen LogP contribution in [-0.4, -0.2) is 16.7 Å². The third-order valence-corrected chi connectivity index (χ3v) is 1.26. The predicted octanol–water partition coefficient (Wildman–Crippen LogP) is 1.12. The molecule has 10 heavy (non-hydrogen) atoms. The van der Waals surface area contributed by atoms with Gasteiger partial charge < -0.3 is 9.30 Å². The van der Waals surface area contributed by atoms with E-state index in [1.165, 1.54) is 0 Å². The highest BCUT2D eigenvalue weighted by molar-refractivity contribution is 4.97. The Balaban J connectivity index is 2.70. The smallest absolute Gasteiger partial charge is 0.295 e. The van der Waals surface area contributed by atoms with Gasteiger partial charge in [-0.25, -0.2) is 4.98 Å². The standard InChI is InChI=1S/C7H11N2O/c1-3-5-9-6-4-8-7(9)10-2/h4,6H,1,3,5H2,2H3. The van der Waals surface area contributed by atoms with Crippen LogP contribution in [0.15, 0.2) is 12.4 Å². The van der Waals surface area contributed by atoms with Gasteiger partial charge in [0, 0.05) is 18.9 Å². The van der Waals surface area contributed by atoms with Crippen LogP contribution in [0.5, 0.6) is 6.01 Å². The van der Waals surface area contributed by atoms with Crippen molar-refractivity contribution < 1.29 is 4.74 Å². The molecule has 0 aliphatic carbocycles. The summed E-state index contributed by atoms with van der Waals surface area (Å²) in [5, 5.41) is 0. The molecule has 0 amide bonds. The van der Waals surface area contributed by atoms with Crippen molar-refractivity contribution in [1.29, 1.82) is 0 Å². The van der Waals surface area contributed by atoms with Gasteiger partial charge in [0.05, 0.1) is 7.11 Å². The summed E-state index contributed by atoms with van der Waals surface area (Å²) in [7, 11) is 1.61. The average molecular weight is 139 g/mol. The quantitative estimate of drug-likeness (QED) is 0.627. The number of hydrogen-bond donors (Lipinski definition) is 0. The molecule has 3 heteroatoms. The molecule has 1 heterocycles. The Bertz CT molecular complexity index is 195. The molecule has 0 fully saturated rings. The molecule has 0 spiro atoms. The molecule has 0 saturated heterocycles. The molecule has 1 aromatic heterocycles. The minimum absolute atomic E-state index is 0.656. The normalized spacial score (nSPS) is 9.80. The summed E-state index contributed by atoms with van der Waals surface area (Å²) in [6, 6.07) is 0.656. The average Bonchev–Trinajstić information content (AvgIpc) is 2.36. The second kappa shape index (κ2) is 3.25. The largest absolute Gasteiger partial charge is 0.468 e. The van der Waals surface area contributed by atoms with Gasteiger partial charge in [0.1, 0.15) is 0 Å². The molecule has 0 aliphatic rings. The van der Waals surface area contributed by atoms with Crippen molar-refractivity contribution in [2.24, 2.45) is 0 Å². The second-order valence-corrected chi connectivity index (χ2v) is 1.96. The molecular weight excluding hydrogens is 128 g/mol. The van der Waals surface area contributed by atoms with E-state index in [1.807, 2.05) is 10.8 Å². The Morgan fingerprint density at radius 3 is 3.20 bits per heavy atom. The maximum Gasteiger partial charge on any atom is 0.295 e. The van der Waals surface area contributed by atoms with E-state index in [0.29, 0.717) is 6.01 Å². The van der Waals surface area contributed by atoms with Gasteiger partial charge in [-0.3, -0.25) is 0 Å². The number of hydrogen-bond acceptors (Lipinski definition) is 2. The SMILES string of the molecule is [CH2]CCn1ccnc1OC. The summed E-state index contributed by atoms with van der Waals surface area (Å²) in [6.45, 7) is 4.60. The van der Waals surface area contributed by atoms with Crippen LogP contribution in [-0.2, 0) is 6.54 Å². The molecule has 1 radical (unpaired) electrons. The Kier molecular flexibility index (Phi) is 2.31. The van der Waals surface area contributed by atoms with E-state index in [0.717, 1.165) is 13.0 Å². The molecular formula is C7H11N2O. The first-order valence-electron chi connectivity index (χ1n) is 3.23. The third kappa shape index (κ3) is 1.29. The van der Waals surface area contributed by atoms with E-state index in [1.54, 1.807) is 13.3 Å². The summed E-state index contributed by atoms with van der Waals surface area (Å²) in [4.78, 5) is 3.97. The molecule has 0 unspecified atom stereocenters. The van der Waals surface area contributed by atoms with Gasteiger partial charge in [-0.15, -0.1) is 0 Å². The van der Waals surface area contributed by atoms with Crippen molar-refractivity contribution >= 4 is 0 Å². The Morgan fingerprint density at radius 2 is 2.60 bits per heavy atom. The Morgan fingerprint density at radius 1 is 1.80 bits per heavy atom. The van der Waals surface area contributed by atoms with Crippen molar-refractivity contribution in [3.63, 3.8) is 0 Å². The number of rotatable bonds is 3. The minimum atomic E-state index is 0.656. The van der Waals surface area contributed by atoms with Crippen molar-refractivity contribution in [2.75, 3.05) is 7.11 Å². The van der Waals surface area contributed by atoms with Crippen LogP contribution >= 0.6 is 0 Å². The zero-order valence-electron chi connectivity index (χ0n) is 6.08. The molecule has 0 aromatic carbocycles. The molecule has 1 aromatic rings. The lowest BCUT2D eigenvalue weighted by Crippen LogP contribution is -1.98. The van der Waals surface area contributed by atoms with Gasteiger partial charge >= 0.3 is 0 Å². The van der Waals surface area contributed by atoms with Gasteiger partial charge in [0.15, 0.2) is 0 Å². The van der Waals surface area contributed by atoms with Crippen LogP contribution in [0.25, 0.3) is 0 Å². The first-order valence-corrected chi connectivity index (χ1v) is 3.23. The maximum absolute atomic E-state index is 4.96. The van der Waals surface area contributed by atoms with Crippen LogP contribution < -0.4 is 4.74 Å². The summed E-state index contributed by atoms with van der Waals surface area (Å²) in [5.41, 5.74) is 0. The van der Waals surface area contributed by atoms with Gasteiger partial charge in [-0.1, -0.05) is 6.92 Å². The monoisotopic (exact) mass is 139 g/mol. The number of aryl methyl sites for hydroxylation is 1. The van der Waals surface area contributed by atoms with E-state index in [9.17, 15) is 0 Å². The first kappa shape index (κ1) is 7.12. The number of nitrogens with zero attached hydrogens (tertiary/aromatic N) is 2. The molecule has 0 bridgehead atoms. The minimum Gasteiger partial charge on any atom is -0.468 e. The van der Waals surface area contributed by atoms with E-state index in [4.69, 9.17) is 4.74 Å². The molecule has 55 valence electrons. The predicted molar refractivity (Wildman–Crippen MR) is 38.8 cm³/mol. The second-order valence-electron chi connectivity index (χ2n) is 1.96. The first-order chi connectivity index (χ1) is 4.88. The van der Waals surface area contributed by atoms with Crippen molar-refractivity contribution in [2.45, 2.75) is 13.0 Å². The van der Waals surface area contributed by atoms with Crippen molar-refractivity contribution in [3.8, 4) is 6.01 Å². The molecule has 0 aliphatic heterocycles. The van der Waals surface area contributed by atoms with Crippen LogP contribution in [0.4, 0.5) is 0 Å². The molecule has 3 nitrogen and oxygen atoms in total. The fourth-order valence-electron chi connectivity index (χ4n) is 0.826. The maximum atomic E-state index is 4.96. The van der Waals surface area contributed by atoms with Crippen LogP contribution in [0, 0.1) is 6.92 Å². The Labute approximate surface area is 60.6 Å². The fraction of sp³-hybridized carbons (Fsp3) is 0.429. The zero-order valence-corrected chi connectivity index (χ0v) is 6.08. The lowest BCUT2D eigenvalue weighted by atomic mass is 10.5. The molecule has 0 atom stereocenters. The van der Waals surface area contributed by atoms with Gasteiger partial charge in [-0.2, -0.15) is 0 Å². The summed E-state index contributed by atoms with van der Waals surface area (Å²) in [6.07, 6.45) is 4.45. The van der Waals surface area contributed by atoms with E-state index < -0.39 is 0 Å². The van der Waals surface area contributed by atoms with E-state index in [-0.39, 0.29) is 0 Å². The lowest BCUT2D eigenvalue weighted by molar-refractivity contribution is 0.357. The van der Waals surface area contributed by atoms with Crippen molar-refractivity contribution in [3.05, 3.63) is 19.3 Å². The van der Waals surface area contributed by atoms with Crippen LogP contribution in [0.1, 0.15) is 6.42 Å². The molecule has 0 N–H and O–H groups in total. The van der Waals surface area contributed by atoms with Crippen LogP contribution in [0.3, 0.4) is 0 Å². The summed E-state index contributed by atoms with van der Waals surface area (Å²) in [5.74, 6) is 0. The highest BCUT2D eigenvalue weighted by atomic mass is 16.5. The highest BCUT2D eigenvalue weighted by Crippen LogP contribution is 2.05. The molecule has 0 saturated carbocycles.